The van der Waals surface area contributed by atoms with Crippen molar-refractivity contribution in [2.75, 3.05) is 20.2 Å². The molecular weight excluding hydrogens is 242 g/mol. The lowest BCUT2D eigenvalue weighted by atomic mass is 10.0. The molecule has 0 amide bonds. The zero-order valence-electron chi connectivity index (χ0n) is 12.1. The van der Waals surface area contributed by atoms with Gasteiger partial charge in [-0.25, -0.2) is 0 Å². The van der Waals surface area contributed by atoms with Crippen LogP contribution in [0.2, 0.25) is 0 Å². The molecule has 0 aromatic heterocycles. The van der Waals surface area contributed by atoms with E-state index in [1.165, 1.54) is 0 Å². The topological polar surface area (TPSA) is 41.9 Å². The maximum absolute atomic E-state index is 9.65. The van der Waals surface area contributed by atoms with Crippen molar-refractivity contribution in [2.45, 2.75) is 39.0 Å². The first-order valence-electron chi connectivity index (χ1n) is 6.77. The third-order valence-electron chi connectivity index (χ3n) is 3.68. The lowest BCUT2D eigenvalue weighted by Gasteiger charge is -2.39. The summed E-state index contributed by atoms with van der Waals surface area (Å²) in [4.78, 5) is 2.41. The van der Waals surface area contributed by atoms with Gasteiger partial charge in [-0.1, -0.05) is 6.07 Å². The number of benzene rings is 1. The highest BCUT2D eigenvalue weighted by Gasteiger charge is 2.26. The van der Waals surface area contributed by atoms with Crippen LogP contribution in [0.5, 0.6) is 11.5 Å². The van der Waals surface area contributed by atoms with Gasteiger partial charge in [-0.3, -0.25) is 4.90 Å². The normalized spacial score (nSPS) is 26.1. The zero-order chi connectivity index (χ0) is 14.0. The third kappa shape index (κ3) is 3.19. The van der Waals surface area contributed by atoms with Crippen molar-refractivity contribution >= 4 is 0 Å². The van der Waals surface area contributed by atoms with Gasteiger partial charge in [0.05, 0.1) is 19.3 Å². The molecule has 0 bridgehead atoms. The molecule has 0 aliphatic carbocycles. The van der Waals surface area contributed by atoms with Crippen LogP contribution >= 0.6 is 0 Å². The van der Waals surface area contributed by atoms with Crippen LogP contribution in [0.1, 0.15) is 32.4 Å². The quantitative estimate of drug-likeness (QED) is 0.912. The molecular formula is C15H23NO3. The molecule has 1 heterocycles. The van der Waals surface area contributed by atoms with Gasteiger partial charge in [-0.05, 0) is 38.5 Å². The van der Waals surface area contributed by atoms with E-state index in [0.29, 0.717) is 5.75 Å². The van der Waals surface area contributed by atoms with Crippen LogP contribution in [0.4, 0.5) is 0 Å². The minimum atomic E-state index is 0.183. The van der Waals surface area contributed by atoms with E-state index < -0.39 is 0 Å². The second-order valence-electron chi connectivity index (χ2n) is 5.32. The molecule has 4 nitrogen and oxygen atoms in total. The Bertz CT molecular complexity index is 425. The summed E-state index contributed by atoms with van der Waals surface area (Å²) in [5.74, 6) is 0.709. The number of phenolic OH excluding ortho intramolecular Hbond substituents is 1. The van der Waals surface area contributed by atoms with Gasteiger partial charge < -0.3 is 14.6 Å². The van der Waals surface area contributed by atoms with Gasteiger partial charge in [0.25, 0.3) is 0 Å². The fraction of sp³-hybridized carbons (Fsp3) is 0.600. The third-order valence-corrected chi connectivity index (χ3v) is 3.68. The van der Waals surface area contributed by atoms with Gasteiger partial charge in [-0.2, -0.15) is 0 Å². The number of ether oxygens (including phenoxy) is 2. The van der Waals surface area contributed by atoms with Gasteiger partial charge in [-0.15, -0.1) is 0 Å². The van der Waals surface area contributed by atoms with Gasteiger partial charge in [0.1, 0.15) is 0 Å². The van der Waals surface area contributed by atoms with Crippen LogP contribution in [0.3, 0.4) is 0 Å². The number of morpholine rings is 1. The van der Waals surface area contributed by atoms with E-state index in [0.717, 1.165) is 18.7 Å². The standard InChI is InChI=1S/C15H23NO3/c1-10-8-16(9-11(2)19-10)12(3)13-5-6-14(17)15(7-13)18-4/h5-7,10-12,17H,8-9H2,1-4H3/t10-,11+,12?. The van der Waals surface area contributed by atoms with E-state index in [9.17, 15) is 5.11 Å². The van der Waals surface area contributed by atoms with Crippen molar-refractivity contribution in [3.05, 3.63) is 23.8 Å². The minimum Gasteiger partial charge on any atom is -0.504 e. The number of hydrogen-bond acceptors (Lipinski definition) is 4. The fourth-order valence-electron chi connectivity index (χ4n) is 2.70. The highest BCUT2D eigenvalue weighted by Crippen LogP contribution is 2.32. The molecule has 1 aliphatic rings. The summed E-state index contributed by atoms with van der Waals surface area (Å²) in [6.07, 6.45) is 0.510. The van der Waals surface area contributed by atoms with Crippen LogP contribution in [0, 0.1) is 0 Å². The average Bonchev–Trinajstić information content (AvgIpc) is 2.37. The van der Waals surface area contributed by atoms with Crippen LogP contribution in [-0.2, 0) is 4.74 Å². The van der Waals surface area contributed by atoms with Crippen molar-refractivity contribution in [3.8, 4) is 11.5 Å². The molecule has 0 radical (unpaired) electrons. The molecule has 1 aliphatic heterocycles. The Hall–Kier alpha value is -1.26. The molecule has 4 heteroatoms. The molecule has 1 fully saturated rings. The van der Waals surface area contributed by atoms with Crippen LogP contribution in [-0.4, -0.2) is 42.4 Å². The summed E-state index contributed by atoms with van der Waals surface area (Å²) in [5.41, 5.74) is 1.15. The van der Waals surface area contributed by atoms with E-state index in [2.05, 4.69) is 25.7 Å². The molecule has 1 aromatic rings. The maximum atomic E-state index is 9.65. The minimum absolute atomic E-state index is 0.183. The zero-order valence-corrected chi connectivity index (χ0v) is 12.1. The second kappa shape index (κ2) is 5.80. The highest BCUT2D eigenvalue weighted by atomic mass is 16.5. The average molecular weight is 265 g/mol. The predicted octanol–water partition coefficient (Wildman–Crippen LogP) is 2.57. The van der Waals surface area contributed by atoms with Gasteiger partial charge in [0.2, 0.25) is 0 Å². The smallest absolute Gasteiger partial charge is 0.160 e. The summed E-state index contributed by atoms with van der Waals surface area (Å²) in [6.45, 7) is 8.24. The fourth-order valence-corrected chi connectivity index (χ4v) is 2.70. The van der Waals surface area contributed by atoms with Gasteiger partial charge in [0.15, 0.2) is 11.5 Å². The van der Waals surface area contributed by atoms with E-state index in [-0.39, 0.29) is 24.0 Å². The van der Waals surface area contributed by atoms with Crippen LogP contribution in [0.25, 0.3) is 0 Å². The lowest BCUT2D eigenvalue weighted by Crippen LogP contribution is -2.46. The monoisotopic (exact) mass is 265 g/mol. The van der Waals surface area contributed by atoms with E-state index >= 15 is 0 Å². The summed E-state index contributed by atoms with van der Waals surface area (Å²) < 4.78 is 10.9. The van der Waals surface area contributed by atoms with Crippen molar-refractivity contribution in [1.29, 1.82) is 0 Å². The predicted molar refractivity (Wildman–Crippen MR) is 74.7 cm³/mol. The molecule has 106 valence electrons. The molecule has 1 unspecified atom stereocenters. The first kappa shape index (κ1) is 14.2. The summed E-state index contributed by atoms with van der Waals surface area (Å²) in [5, 5.41) is 9.65. The van der Waals surface area contributed by atoms with E-state index in [1.54, 1.807) is 13.2 Å². The van der Waals surface area contributed by atoms with E-state index in [1.807, 2.05) is 12.1 Å². The van der Waals surface area contributed by atoms with Gasteiger partial charge in [0, 0.05) is 19.1 Å². The maximum Gasteiger partial charge on any atom is 0.160 e. The molecule has 3 atom stereocenters. The first-order chi connectivity index (χ1) is 9.01. The summed E-state index contributed by atoms with van der Waals surface area (Å²) >= 11 is 0. The van der Waals surface area contributed by atoms with Crippen molar-refractivity contribution in [2.24, 2.45) is 0 Å². The lowest BCUT2D eigenvalue weighted by molar-refractivity contribution is -0.0789. The number of hydrogen-bond donors (Lipinski definition) is 1. The molecule has 0 saturated carbocycles. The van der Waals surface area contributed by atoms with Crippen molar-refractivity contribution in [3.63, 3.8) is 0 Å². The molecule has 1 saturated heterocycles. The Morgan fingerprint density at radius 3 is 2.53 bits per heavy atom. The molecule has 2 rings (SSSR count). The SMILES string of the molecule is COc1cc(C(C)N2C[C@@H](C)O[C@@H](C)C2)ccc1O. The number of phenols is 1. The summed E-state index contributed by atoms with van der Waals surface area (Å²) in [7, 11) is 1.57. The molecule has 1 aromatic carbocycles. The van der Waals surface area contributed by atoms with Crippen molar-refractivity contribution < 1.29 is 14.6 Å². The molecule has 1 N–H and O–H groups in total. The Morgan fingerprint density at radius 2 is 1.95 bits per heavy atom. The molecule has 19 heavy (non-hydrogen) atoms. The Labute approximate surface area is 114 Å². The van der Waals surface area contributed by atoms with Crippen LogP contribution < -0.4 is 4.74 Å². The summed E-state index contributed by atoms with van der Waals surface area (Å²) in [6, 6.07) is 5.83. The number of nitrogens with zero attached hydrogens (tertiary/aromatic N) is 1. The highest BCUT2D eigenvalue weighted by molar-refractivity contribution is 5.42. The largest absolute Gasteiger partial charge is 0.504 e. The van der Waals surface area contributed by atoms with E-state index in [4.69, 9.17) is 9.47 Å². The Kier molecular flexibility index (Phi) is 4.32. The Morgan fingerprint density at radius 1 is 1.32 bits per heavy atom. The molecule has 0 spiro atoms. The second-order valence-corrected chi connectivity index (χ2v) is 5.32. The van der Waals surface area contributed by atoms with Crippen LogP contribution in [0.15, 0.2) is 18.2 Å². The first-order valence-corrected chi connectivity index (χ1v) is 6.77. The van der Waals surface area contributed by atoms with Crippen molar-refractivity contribution in [1.82, 2.24) is 4.90 Å². The Balaban J connectivity index is 2.16. The number of aromatic hydroxyl groups is 1. The number of methoxy groups -OCH3 is 1. The number of rotatable bonds is 3. The van der Waals surface area contributed by atoms with Gasteiger partial charge >= 0.3 is 0 Å².